The van der Waals surface area contributed by atoms with E-state index in [1.54, 1.807) is 7.05 Å². The number of aromatic nitrogens is 1. The predicted molar refractivity (Wildman–Crippen MR) is 125 cm³/mol. The van der Waals surface area contributed by atoms with Crippen LogP contribution in [-0.4, -0.2) is 72.8 Å². The van der Waals surface area contributed by atoms with Gasteiger partial charge in [-0.05, 0) is 12.8 Å². The van der Waals surface area contributed by atoms with Gasteiger partial charge in [0.15, 0.2) is 11.7 Å². The van der Waals surface area contributed by atoms with Crippen LogP contribution in [0.25, 0.3) is 11.3 Å². The lowest BCUT2D eigenvalue weighted by Crippen LogP contribution is -2.55. The molecule has 2 aliphatic rings. The number of guanidine groups is 1. The van der Waals surface area contributed by atoms with Crippen molar-refractivity contribution in [3.63, 3.8) is 0 Å². The molecule has 0 aliphatic carbocycles. The zero-order valence-corrected chi connectivity index (χ0v) is 19.5. The van der Waals surface area contributed by atoms with Gasteiger partial charge in [-0.25, -0.2) is 0 Å². The molecule has 3 heterocycles. The second-order valence-electron chi connectivity index (χ2n) is 7.26. The summed E-state index contributed by atoms with van der Waals surface area (Å²) in [7, 11) is 1.77. The van der Waals surface area contributed by atoms with Crippen molar-refractivity contribution in [2.75, 3.05) is 39.8 Å². The van der Waals surface area contributed by atoms with Gasteiger partial charge in [-0.2, -0.15) is 0 Å². The number of ether oxygens (including phenoxy) is 1. The van der Waals surface area contributed by atoms with E-state index in [4.69, 9.17) is 9.26 Å². The average Bonchev–Trinajstić information content (AvgIpc) is 3.47. The fourth-order valence-corrected chi connectivity index (χ4v) is 3.75. The number of nitrogens with one attached hydrogen (secondary N) is 1. The third-order valence-electron chi connectivity index (χ3n) is 5.36. The predicted octanol–water partition coefficient (Wildman–Crippen LogP) is 2.36. The molecule has 1 atom stereocenters. The lowest BCUT2D eigenvalue weighted by molar-refractivity contribution is -0.142. The topological polar surface area (TPSA) is 83.2 Å². The van der Waals surface area contributed by atoms with Crippen LogP contribution in [0.3, 0.4) is 0 Å². The standard InChI is InChI=1S/C21H27N5O3.HI/c1-22-21(23-15-17-14-18(24-29-17)16-6-3-2-4-7-16)26-11-9-25(10-12-26)20(27)19-8-5-13-28-19;/h2-4,6-7,14,19H,5,8-13,15H2,1H3,(H,22,23);1H. The number of amides is 1. The molecule has 0 radical (unpaired) electrons. The monoisotopic (exact) mass is 525 g/mol. The summed E-state index contributed by atoms with van der Waals surface area (Å²) in [6, 6.07) is 11.9. The molecule has 2 aromatic rings. The number of benzene rings is 1. The van der Waals surface area contributed by atoms with Gasteiger partial charge in [0, 0.05) is 51.5 Å². The number of nitrogens with zero attached hydrogens (tertiary/aromatic N) is 4. The van der Waals surface area contributed by atoms with Gasteiger partial charge in [0.2, 0.25) is 0 Å². The van der Waals surface area contributed by atoms with Crippen LogP contribution in [0.1, 0.15) is 18.6 Å². The lowest BCUT2D eigenvalue weighted by Gasteiger charge is -2.37. The summed E-state index contributed by atoms with van der Waals surface area (Å²) in [5.41, 5.74) is 1.84. The SMILES string of the molecule is CN=C(NCc1cc(-c2ccccc2)no1)N1CCN(C(=O)C2CCCO2)CC1.I. The summed E-state index contributed by atoms with van der Waals surface area (Å²) in [4.78, 5) is 20.9. The molecule has 8 nitrogen and oxygen atoms in total. The highest BCUT2D eigenvalue weighted by molar-refractivity contribution is 14.0. The van der Waals surface area contributed by atoms with Crippen LogP contribution in [0.4, 0.5) is 0 Å². The first-order chi connectivity index (χ1) is 14.2. The van der Waals surface area contributed by atoms with Crippen molar-refractivity contribution in [3.05, 3.63) is 42.2 Å². The maximum atomic E-state index is 12.5. The minimum Gasteiger partial charge on any atom is -0.368 e. The van der Waals surface area contributed by atoms with Crippen LogP contribution in [-0.2, 0) is 16.1 Å². The van der Waals surface area contributed by atoms with Gasteiger partial charge >= 0.3 is 0 Å². The molecule has 1 N–H and O–H groups in total. The smallest absolute Gasteiger partial charge is 0.251 e. The molecule has 2 aliphatic heterocycles. The van der Waals surface area contributed by atoms with Gasteiger partial charge in [-0.3, -0.25) is 9.79 Å². The Morgan fingerprint density at radius 1 is 1.20 bits per heavy atom. The van der Waals surface area contributed by atoms with Gasteiger partial charge < -0.3 is 24.4 Å². The molecule has 1 unspecified atom stereocenters. The molecular weight excluding hydrogens is 497 g/mol. The number of halogens is 1. The quantitative estimate of drug-likeness (QED) is 0.375. The highest BCUT2D eigenvalue weighted by Gasteiger charge is 2.30. The second-order valence-corrected chi connectivity index (χ2v) is 7.26. The Balaban J connectivity index is 0.00000256. The summed E-state index contributed by atoms with van der Waals surface area (Å²) in [6.07, 6.45) is 1.56. The molecule has 2 saturated heterocycles. The Hall–Kier alpha value is -2.14. The van der Waals surface area contributed by atoms with E-state index in [0.29, 0.717) is 26.2 Å². The number of rotatable bonds is 4. The molecule has 0 spiro atoms. The van der Waals surface area contributed by atoms with Gasteiger partial charge in [0.1, 0.15) is 11.8 Å². The van der Waals surface area contributed by atoms with Crippen molar-refractivity contribution in [1.29, 1.82) is 0 Å². The number of aliphatic imine (C=N–C) groups is 1. The van der Waals surface area contributed by atoms with Crippen molar-refractivity contribution in [2.24, 2.45) is 4.99 Å². The zero-order valence-electron chi connectivity index (χ0n) is 17.1. The van der Waals surface area contributed by atoms with Crippen molar-refractivity contribution in [3.8, 4) is 11.3 Å². The highest BCUT2D eigenvalue weighted by Crippen LogP contribution is 2.19. The van der Waals surface area contributed by atoms with E-state index in [1.807, 2.05) is 41.3 Å². The van der Waals surface area contributed by atoms with Crippen LogP contribution in [0.5, 0.6) is 0 Å². The number of hydrogen-bond acceptors (Lipinski definition) is 5. The first-order valence-electron chi connectivity index (χ1n) is 10.1. The summed E-state index contributed by atoms with van der Waals surface area (Å²) in [5.74, 6) is 1.67. The summed E-state index contributed by atoms with van der Waals surface area (Å²) >= 11 is 0. The molecule has 0 saturated carbocycles. The third-order valence-corrected chi connectivity index (χ3v) is 5.36. The van der Waals surface area contributed by atoms with E-state index < -0.39 is 0 Å². The first-order valence-corrected chi connectivity index (χ1v) is 10.1. The zero-order chi connectivity index (χ0) is 20.1. The Morgan fingerprint density at radius 2 is 1.93 bits per heavy atom. The van der Waals surface area contributed by atoms with E-state index in [0.717, 1.165) is 48.9 Å². The highest BCUT2D eigenvalue weighted by atomic mass is 127. The summed E-state index contributed by atoms with van der Waals surface area (Å²) in [5, 5.41) is 7.48. The van der Waals surface area contributed by atoms with Gasteiger partial charge in [-0.1, -0.05) is 35.5 Å². The van der Waals surface area contributed by atoms with Crippen LogP contribution in [0.2, 0.25) is 0 Å². The number of carbonyl (C=O) groups is 1. The molecule has 0 bridgehead atoms. The van der Waals surface area contributed by atoms with Crippen LogP contribution < -0.4 is 5.32 Å². The Bertz CT molecular complexity index is 843. The molecule has 30 heavy (non-hydrogen) atoms. The van der Waals surface area contributed by atoms with Gasteiger partial charge in [0.25, 0.3) is 5.91 Å². The molecular formula is C21H28IN5O3. The van der Waals surface area contributed by atoms with Crippen molar-refractivity contribution < 1.29 is 14.1 Å². The van der Waals surface area contributed by atoms with Crippen LogP contribution in [0.15, 0.2) is 45.9 Å². The Morgan fingerprint density at radius 3 is 2.60 bits per heavy atom. The van der Waals surface area contributed by atoms with Crippen molar-refractivity contribution >= 4 is 35.8 Å². The Kier molecular flexibility index (Phi) is 8.08. The largest absolute Gasteiger partial charge is 0.368 e. The first kappa shape index (κ1) is 22.5. The second kappa shape index (κ2) is 10.8. The van der Waals surface area contributed by atoms with E-state index >= 15 is 0 Å². The maximum absolute atomic E-state index is 12.5. The molecule has 4 rings (SSSR count). The fourth-order valence-electron chi connectivity index (χ4n) is 3.75. The molecule has 2 fully saturated rings. The van der Waals surface area contributed by atoms with Gasteiger partial charge in [0.05, 0.1) is 6.54 Å². The third kappa shape index (κ3) is 5.31. The number of piperazine rings is 1. The number of carbonyl (C=O) groups excluding carboxylic acids is 1. The van der Waals surface area contributed by atoms with Gasteiger partial charge in [-0.15, -0.1) is 24.0 Å². The van der Waals surface area contributed by atoms with Crippen LogP contribution >= 0.6 is 24.0 Å². The van der Waals surface area contributed by atoms with E-state index in [9.17, 15) is 4.79 Å². The molecule has 1 aromatic carbocycles. The van der Waals surface area contributed by atoms with Crippen molar-refractivity contribution in [2.45, 2.75) is 25.5 Å². The lowest BCUT2D eigenvalue weighted by atomic mass is 10.1. The van der Waals surface area contributed by atoms with Crippen molar-refractivity contribution in [1.82, 2.24) is 20.3 Å². The minimum absolute atomic E-state index is 0. The van der Waals surface area contributed by atoms with E-state index in [-0.39, 0.29) is 36.0 Å². The average molecular weight is 525 g/mol. The fraction of sp³-hybridized carbons (Fsp3) is 0.476. The summed E-state index contributed by atoms with van der Waals surface area (Å²) in [6.45, 7) is 4.04. The minimum atomic E-state index is -0.246. The van der Waals surface area contributed by atoms with E-state index in [2.05, 4.69) is 20.4 Å². The summed E-state index contributed by atoms with van der Waals surface area (Å²) < 4.78 is 11.0. The van der Waals surface area contributed by atoms with Crippen LogP contribution in [0, 0.1) is 0 Å². The Labute approximate surface area is 193 Å². The molecule has 162 valence electrons. The molecule has 1 aromatic heterocycles. The normalized spacial score (nSPS) is 19.5. The van der Waals surface area contributed by atoms with E-state index in [1.165, 1.54) is 0 Å². The number of hydrogen-bond donors (Lipinski definition) is 1. The maximum Gasteiger partial charge on any atom is 0.251 e. The molecule has 9 heteroatoms. The molecule has 1 amide bonds.